The number of pyridine rings is 1. The van der Waals surface area contributed by atoms with Gasteiger partial charge in [0, 0.05) is 0 Å². The van der Waals surface area contributed by atoms with Gasteiger partial charge in [0.15, 0.2) is 0 Å². The van der Waals surface area contributed by atoms with Crippen LogP contribution in [0.3, 0.4) is 0 Å². The van der Waals surface area contributed by atoms with E-state index < -0.39 is 10.0 Å². The van der Waals surface area contributed by atoms with Crippen LogP contribution in [0.4, 0.5) is 5.69 Å². The number of rotatable bonds is 3. The number of hydrogen-bond acceptors (Lipinski definition) is 4. The summed E-state index contributed by atoms with van der Waals surface area (Å²) in [5.74, 6) is 0. The molecule has 0 aliphatic rings. The molecule has 0 saturated carbocycles. The fourth-order valence-corrected chi connectivity index (χ4v) is 3.41. The van der Waals surface area contributed by atoms with Crippen molar-refractivity contribution in [3.05, 3.63) is 51.2 Å². The Labute approximate surface area is 135 Å². The Balaban J connectivity index is 2.38. The Morgan fingerprint density at radius 1 is 1.38 bits per heavy atom. The van der Waals surface area contributed by atoms with Gasteiger partial charge in [0.1, 0.15) is 9.50 Å². The van der Waals surface area contributed by atoms with Crippen LogP contribution in [0.5, 0.6) is 0 Å². The third-order valence-electron chi connectivity index (χ3n) is 2.62. The Kier molecular flexibility index (Phi) is 4.52. The number of aryl methyl sites for hydroxylation is 1. The average molecular weight is 387 g/mol. The minimum atomic E-state index is -3.85. The van der Waals surface area contributed by atoms with Crippen LogP contribution >= 0.6 is 27.5 Å². The molecule has 2 aromatic rings. The minimum Gasteiger partial charge on any atom is -0.278 e. The quantitative estimate of drug-likeness (QED) is 0.819. The van der Waals surface area contributed by atoms with Gasteiger partial charge in [0.25, 0.3) is 10.0 Å². The monoisotopic (exact) mass is 385 g/mol. The van der Waals surface area contributed by atoms with Crippen molar-refractivity contribution in [3.8, 4) is 6.07 Å². The van der Waals surface area contributed by atoms with Crippen LogP contribution < -0.4 is 4.72 Å². The molecule has 0 unspecified atom stereocenters. The molecule has 0 fully saturated rings. The van der Waals surface area contributed by atoms with Crippen molar-refractivity contribution >= 4 is 43.2 Å². The summed E-state index contributed by atoms with van der Waals surface area (Å²) in [6.45, 7) is 1.80. The van der Waals surface area contributed by atoms with Crippen molar-refractivity contribution in [1.29, 1.82) is 5.26 Å². The van der Waals surface area contributed by atoms with Gasteiger partial charge in [-0.15, -0.1) is 0 Å². The molecule has 1 aromatic heterocycles. The summed E-state index contributed by atoms with van der Waals surface area (Å²) in [6, 6.07) is 7.54. The second-order valence-corrected chi connectivity index (χ2v) is 7.00. The van der Waals surface area contributed by atoms with Gasteiger partial charge in [0.2, 0.25) is 0 Å². The van der Waals surface area contributed by atoms with Crippen LogP contribution in [0.2, 0.25) is 5.02 Å². The summed E-state index contributed by atoms with van der Waals surface area (Å²) in [7, 11) is -3.85. The largest absolute Gasteiger partial charge is 0.278 e. The number of aromatic nitrogens is 1. The number of benzene rings is 1. The molecule has 0 radical (unpaired) electrons. The Morgan fingerprint density at radius 2 is 2.10 bits per heavy atom. The van der Waals surface area contributed by atoms with Crippen LogP contribution in [0.25, 0.3) is 0 Å². The molecule has 5 nitrogen and oxygen atoms in total. The van der Waals surface area contributed by atoms with Gasteiger partial charge in [-0.05, 0) is 52.7 Å². The molecule has 0 atom stereocenters. The van der Waals surface area contributed by atoms with E-state index in [9.17, 15) is 8.42 Å². The molecule has 21 heavy (non-hydrogen) atoms. The molecule has 0 saturated heterocycles. The van der Waals surface area contributed by atoms with Crippen LogP contribution in [-0.4, -0.2) is 13.4 Å². The highest BCUT2D eigenvalue weighted by molar-refractivity contribution is 9.10. The summed E-state index contributed by atoms with van der Waals surface area (Å²) in [5, 5.41) is 8.75. The first kappa shape index (κ1) is 15.8. The zero-order valence-corrected chi connectivity index (χ0v) is 13.9. The van der Waals surface area contributed by atoms with Crippen molar-refractivity contribution in [3.63, 3.8) is 0 Å². The predicted molar refractivity (Wildman–Crippen MR) is 83.6 cm³/mol. The summed E-state index contributed by atoms with van der Waals surface area (Å²) >= 11 is 9.16. The van der Waals surface area contributed by atoms with Gasteiger partial charge in [-0.2, -0.15) is 5.26 Å². The highest BCUT2D eigenvalue weighted by atomic mass is 79.9. The van der Waals surface area contributed by atoms with Crippen LogP contribution in [-0.2, 0) is 10.0 Å². The lowest BCUT2D eigenvalue weighted by atomic mass is 10.2. The van der Waals surface area contributed by atoms with E-state index in [1.165, 1.54) is 24.4 Å². The molecule has 108 valence electrons. The zero-order chi connectivity index (χ0) is 15.6. The van der Waals surface area contributed by atoms with E-state index in [0.29, 0.717) is 15.9 Å². The molecule has 1 aromatic carbocycles. The summed E-state index contributed by atoms with van der Waals surface area (Å²) in [4.78, 5) is 3.93. The topological polar surface area (TPSA) is 82.9 Å². The van der Waals surface area contributed by atoms with Crippen LogP contribution in [0.15, 0.2) is 40.0 Å². The van der Waals surface area contributed by atoms with E-state index in [1.54, 1.807) is 13.0 Å². The number of nitriles is 1. The van der Waals surface area contributed by atoms with Gasteiger partial charge in [-0.1, -0.05) is 11.6 Å². The SMILES string of the molecule is Cc1cc(NS(=O)(=O)c2ccc(C#N)cc2Cl)cnc1Br. The molecule has 0 amide bonds. The average Bonchev–Trinajstić information content (AvgIpc) is 2.42. The van der Waals surface area contributed by atoms with Crippen molar-refractivity contribution in [2.45, 2.75) is 11.8 Å². The number of halogens is 2. The van der Waals surface area contributed by atoms with E-state index in [0.717, 1.165) is 5.56 Å². The van der Waals surface area contributed by atoms with Crippen molar-refractivity contribution < 1.29 is 8.42 Å². The molecule has 0 spiro atoms. The van der Waals surface area contributed by atoms with E-state index in [1.807, 2.05) is 6.07 Å². The summed E-state index contributed by atoms with van der Waals surface area (Å²) in [5.41, 5.74) is 1.41. The lowest BCUT2D eigenvalue weighted by Crippen LogP contribution is -2.14. The zero-order valence-electron chi connectivity index (χ0n) is 10.8. The maximum absolute atomic E-state index is 12.3. The normalized spacial score (nSPS) is 11.0. The summed E-state index contributed by atoms with van der Waals surface area (Å²) < 4.78 is 27.6. The fraction of sp³-hybridized carbons (Fsp3) is 0.0769. The predicted octanol–water partition coefficient (Wildman–Crippen LogP) is 3.48. The fourth-order valence-electron chi connectivity index (χ4n) is 1.61. The molecule has 0 aliphatic carbocycles. The lowest BCUT2D eigenvalue weighted by Gasteiger charge is -2.10. The minimum absolute atomic E-state index is 0.0108. The van der Waals surface area contributed by atoms with E-state index in [2.05, 4.69) is 25.6 Å². The first-order valence-electron chi connectivity index (χ1n) is 5.68. The van der Waals surface area contributed by atoms with Gasteiger partial charge in [-0.3, -0.25) is 4.72 Å². The van der Waals surface area contributed by atoms with Crippen molar-refractivity contribution in [1.82, 2.24) is 4.98 Å². The Bertz CT molecular complexity index is 847. The molecule has 1 N–H and O–H groups in total. The van der Waals surface area contributed by atoms with Crippen LogP contribution in [0.1, 0.15) is 11.1 Å². The second kappa shape index (κ2) is 6.02. The third-order valence-corrected chi connectivity index (χ3v) is 5.31. The first-order chi connectivity index (χ1) is 9.83. The second-order valence-electron chi connectivity index (χ2n) is 4.19. The molecule has 0 bridgehead atoms. The van der Waals surface area contributed by atoms with Crippen molar-refractivity contribution in [2.75, 3.05) is 4.72 Å². The highest BCUT2D eigenvalue weighted by Crippen LogP contribution is 2.25. The van der Waals surface area contributed by atoms with E-state index in [4.69, 9.17) is 16.9 Å². The number of sulfonamides is 1. The van der Waals surface area contributed by atoms with Gasteiger partial charge in [0.05, 0.1) is 28.5 Å². The van der Waals surface area contributed by atoms with Crippen LogP contribution in [0, 0.1) is 18.3 Å². The number of nitrogens with zero attached hydrogens (tertiary/aromatic N) is 2. The molecular weight excluding hydrogens is 378 g/mol. The molecular formula is C13H9BrClN3O2S. The molecule has 1 heterocycles. The standard InChI is InChI=1S/C13H9BrClN3O2S/c1-8-4-10(7-17-13(8)14)18-21(19,20)12-3-2-9(6-16)5-11(12)15/h2-5,7,18H,1H3. The molecule has 2 rings (SSSR count). The number of hydrogen-bond donors (Lipinski definition) is 1. The first-order valence-corrected chi connectivity index (χ1v) is 8.33. The van der Waals surface area contributed by atoms with E-state index in [-0.39, 0.29) is 9.92 Å². The number of anilines is 1. The smallest absolute Gasteiger partial charge is 0.263 e. The maximum Gasteiger partial charge on any atom is 0.263 e. The third kappa shape index (κ3) is 3.53. The van der Waals surface area contributed by atoms with Crippen molar-refractivity contribution in [2.24, 2.45) is 0 Å². The van der Waals surface area contributed by atoms with E-state index >= 15 is 0 Å². The highest BCUT2D eigenvalue weighted by Gasteiger charge is 2.18. The maximum atomic E-state index is 12.3. The Morgan fingerprint density at radius 3 is 2.67 bits per heavy atom. The van der Waals surface area contributed by atoms with Gasteiger partial charge >= 0.3 is 0 Å². The summed E-state index contributed by atoms with van der Waals surface area (Å²) in [6.07, 6.45) is 1.40. The van der Waals surface area contributed by atoms with Gasteiger partial charge in [-0.25, -0.2) is 13.4 Å². The number of nitrogens with one attached hydrogen (secondary N) is 1. The van der Waals surface area contributed by atoms with Gasteiger partial charge < -0.3 is 0 Å². The molecule has 0 aliphatic heterocycles. The molecule has 8 heteroatoms. The lowest BCUT2D eigenvalue weighted by molar-refractivity contribution is 0.601. The Hall–Kier alpha value is -1.62.